The lowest BCUT2D eigenvalue weighted by atomic mass is 9.95. The Morgan fingerprint density at radius 2 is 1.39 bits per heavy atom. The number of hydrogen-bond acceptors (Lipinski definition) is 2. The van der Waals surface area contributed by atoms with Crippen molar-refractivity contribution in [1.29, 1.82) is 0 Å². The van der Waals surface area contributed by atoms with Gasteiger partial charge in [0, 0.05) is 0 Å². The van der Waals surface area contributed by atoms with Crippen LogP contribution in [0.15, 0.2) is 54.6 Å². The van der Waals surface area contributed by atoms with E-state index < -0.39 is 47.8 Å². The van der Waals surface area contributed by atoms with Crippen molar-refractivity contribution >= 4 is 0 Å². The fourth-order valence-corrected chi connectivity index (χ4v) is 4.33. The first kappa shape index (κ1) is 29.4. The molecule has 0 aromatic heterocycles. The summed E-state index contributed by atoms with van der Waals surface area (Å²) in [6, 6.07) is 15.2. The van der Waals surface area contributed by atoms with Crippen molar-refractivity contribution in [2.75, 3.05) is 6.61 Å². The van der Waals surface area contributed by atoms with Gasteiger partial charge < -0.3 is 9.47 Å². The van der Waals surface area contributed by atoms with Gasteiger partial charge in [-0.2, -0.15) is 22.0 Å². The van der Waals surface area contributed by atoms with E-state index in [1.54, 1.807) is 12.1 Å². The van der Waals surface area contributed by atoms with E-state index in [0.717, 1.165) is 36.5 Å². The fourth-order valence-electron chi connectivity index (χ4n) is 4.33. The minimum absolute atomic E-state index is 0.0127. The molecular weight excluding hydrogens is 506 g/mol. The summed E-state index contributed by atoms with van der Waals surface area (Å²) in [5.41, 5.74) is 0.857. The second-order valence-corrected chi connectivity index (χ2v) is 9.21. The Labute approximate surface area is 219 Å². The number of halogens is 6. The van der Waals surface area contributed by atoms with Gasteiger partial charge in [0.1, 0.15) is 5.75 Å². The third kappa shape index (κ3) is 7.68. The highest BCUT2D eigenvalue weighted by molar-refractivity contribution is 5.64. The molecule has 0 heterocycles. The summed E-state index contributed by atoms with van der Waals surface area (Å²) in [5.74, 6) is -2.29. The number of rotatable bonds is 12. The molecule has 0 aliphatic rings. The van der Waals surface area contributed by atoms with Gasteiger partial charge in [0.2, 0.25) is 0 Å². The Morgan fingerprint density at radius 3 is 1.95 bits per heavy atom. The quantitative estimate of drug-likeness (QED) is 0.169. The van der Waals surface area contributed by atoms with Crippen molar-refractivity contribution in [2.24, 2.45) is 0 Å². The highest BCUT2D eigenvalue weighted by atomic mass is 19.4. The standard InChI is InChI=1S/C30H32F6O2/c1-4-6-7-8-21-9-11-22(12-10-21)23-13-15-24(16-14-23)38-29(32,33)18-17-25-20(3)19-26(37-5-2)28(31)27(25)30(34,35)36/h9-16,19H,4-8,17-18H2,1-3H3. The fraction of sp³-hybridized carbons (Fsp3) is 0.400. The maximum Gasteiger partial charge on any atom is 0.419 e. The smallest absolute Gasteiger partial charge is 0.419 e. The summed E-state index contributed by atoms with van der Waals surface area (Å²) in [6.07, 6.45) is -6.19. The van der Waals surface area contributed by atoms with Gasteiger partial charge in [-0.25, -0.2) is 4.39 Å². The molecule has 0 aliphatic carbocycles. The molecule has 0 radical (unpaired) electrons. The average molecular weight is 539 g/mol. The van der Waals surface area contributed by atoms with Crippen LogP contribution < -0.4 is 9.47 Å². The zero-order chi connectivity index (χ0) is 27.9. The van der Waals surface area contributed by atoms with Crippen LogP contribution in [-0.2, 0) is 19.0 Å². The summed E-state index contributed by atoms with van der Waals surface area (Å²) >= 11 is 0. The van der Waals surface area contributed by atoms with Gasteiger partial charge in [-0.1, -0.05) is 56.2 Å². The van der Waals surface area contributed by atoms with E-state index in [-0.39, 0.29) is 17.9 Å². The molecule has 0 aliphatic heterocycles. The van der Waals surface area contributed by atoms with Gasteiger partial charge in [-0.3, -0.25) is 0 Å². The number of benzene rings is 3. The van der Waals surface area contributed by atoms with Gasteiger partial charge >= 0.3 is 12.3 Å². The maximum absolute atomic E-state index is 14.6. The van der Waals surface area contributed by atoms with Crippen LogP contribution in [0.1, 0.15) is 61.8 Å². The predicted octanol–water partition coefficient (Wildman–Crippen LogP) is 9.56. The number of alkyl halides is 5. The minimum atomic E-state index is -5.07. The topological polar surface area (TPSA) is 18.5 Å². The van der Waals surface area contributed by atoms with Gasteiger partial charge in [0.15, 0.2) is 11.6 Å². The van der Waals surface area contributed by atoms with Gasteiger partial charge in [0.05, 0.1) is 18.6 Å². The third-order valence-corrected chi connectivity index (χ3v) is 6.29. The van der Waals surface area contributed by atoms with Crippen LogP contribution >= 0.6 is 0 Å². The highest BCUT2D eigenvalue weighted by Gasteiger charge is 2.40. The molecule has 38 heavy (non-hydrogen) atoms. The van der Waals surface area contributed by atoms with E-state index in [9.17, 15) is 26.3 Å². The second-order valence-electron chi connectivity index (χ2n) is 9.21. The number of aryl methyl sites for hydroxylation is 2. The van der Waals surface area contributed by atoms with Crippen LogP contribution in [0, 0.1) is 12.7 Å². The van der Waals surface area contributed by atoms with Crippen LogP contribution in [0.3, 0.4) is 0 Å². The zero-order valence-corrected chi connectivity index (χ0v) is 21.7. The average Bonchev–Trinajstić information content (AvgIpc) is 2.85. The van der Waals surface area contributed by atoms with E-state index in [1.165, 1.54) is 38.0 Å². The molecule has 0 atom stereocenters. The molecule has 3 aromatic rings. The minimum Gasteiger partial charge on any atom is -0.491 e. The molecule has 0 bridgehead atoms. The lowest BCUT2D eigenvalue weighted by molar-refractivity contribution is -0.180. The normalized spacial score (nSPS) is 12.0. The highest BCUT2D eigenvalue weighted by Crippen LogP contribution is 2.41. The first-order valence-electron chi connectivity index (χ1n) is 12.7. The molecule has 0 N–H and O–H groups in total. The Bertz CT molecular complexity index is 1190. The predicted molar refractivity (Wildman–Crippen MR) is 136 cm³/mol. The number of ether oxygens (including phenoxy) is 2. The van der Waals surface area contributed by atoms with Gasteiger partial charge in [0.25, 0.3) is 0 Å². The van der Waals surface area contributed by atoms with E-state index in [4.69, 9.17) is 9.47 Å². The van der Waals surface area contributed by atoms with E-state index >= 15 is 0 Å². The van der Waals surface area contributed by atoms with E-state index in [1.807, 2.05) is 24.3 Å². The van der Waals surface area contributed by atoms with Crippen molar-refractivity contribution < 1.29 is 35.8 Å². The van der Waals surface area contributed by atoms with Gasteiger partial charge in [-0.05, 0) is 79.1 Å². The van der Waals surface area contributed by atoms with Crippen molar-refractivity contribution in [2.45, 2.75) is 71.6 Å². The van der Waals surface area contributed by atoms with Crippen molar-refractivity contribution in [3.05, 3.63) is 82.7 Å². The van der Waals surface area contributed by atoms with Crippen LogP contribution in [0.4, 0.5) is 26.3 Å². The van der Waals surface area contributed by atoms with Crippen LogP contribution in [0.2, 0.25) is 0 Å². The zero-order valence-electron chi connectivity index (χ0n) is 21.7. The molecule has 0 amide bonds. The van der Waals surface area contributed by atoms with Crippen LogP contribution in [0.25, 0.3) is 11.1 Å². The Hall–Kier alpha value is -3.16. The maximum atomic E-state index is 14.6. The van der Waals surface area contributed by atoms with E-state index in [0.29, 0.717) is 0 Å². The Balaban J connectivity index is 1.69. The van der Waals surface area contributed by atoms with Crippen LogP contribution in [0.5, 0.6) is 11.5 Å². The molecule has 0 fully saturated rings. The van der Waals surface area contributed by atoms with Gasteiger partial charge in [-0.15, -0.1) is 0 Å². The lowest BCUT2D eigenvalue weighted by Crippen LogP contribution is -2.26. The van der Waals surface area contributed by atoms with Crippen molar-refractivity contribution in [3.63, 3.8) is 0 Å². The van der Waals surface area contributed by atoms with Crippen LogP contribution in [-0.4, -0.2) is 12.7 Å². The van der Waals surface area contributed by atoms with Crippen molar-refractivity contribution in [3.8, 4) is 22.6 Å². The molecule has 0 unspecified atom stereocenters. The second kappa shape index (κ2) is 12.6. The summed E-state index contributed by atoms with van der Waals surface area (Å²) in [5, 5.41) is 0. The largest absolute Gasteiger partial charge is 0.491 e. The number of unbranched alkanes of at least 4 members (excludes halogenated alkanes) is 2. The summed E-state index contributed by atoms with van der Waals surface area (Å²) < 4.78 is 94.5. The Kier molecular flexibility index (Phi) is 9.74. The molecule has 0 saturated carbocycles. The SMILES string of the molecule is CCCCCc1ccc(-c2ccc(OC(F)(F)CCc3c(C)cc(OCC)c(F)c3C(F)(F)F)cc2)cc1. The van der Waals surface area contributed by atoms with E-state index in [2.05, 4.69) is 6.92 Å². The molecule has 0 saturated heterocycles. The summed E-state index contributed by atoms with van der Waals surface area (Å²) in [6.45, 7) is 4.93. The molecule has 2 nitrogen and oxygen atoms in total. The first-order chi connectivity index (χ1) is 17.9. The molecule has 3 aromatic carbocycles. The Morgan fingerprint density at radius 1 is 0.789 bits per heavy atom. The third-order valence-electron chi connectivity index (χ3n) is 6.29. The summed E-state index contributed by atoms with van der Waals surface area (Å²) in [4.78, 5) is 0. The molecule has 206 valence electrons. The molecule has 3 rings (SSSR count). The number of hydrogen-bond donors (Lipinski definition) is 0. The monoisotopic (exact) mass is 538 g/mol. The molecule has 8 heteroatoms. The summed E-state index contributed by atoms with van der Waals surface area (Å²) in [7, 11) is 0. The molecule has 0 spiro atoms. The van der Waals surface area contributed by atoms with Crippen molar-refractivity contribution in [1.82, 2.24) is 0 Å². The molecular formula is C30H32F6O2. The first-order valence-corrected chi connectivity index (χ1v) is 12.7. The lowest BCUT2D eigenvalue weighted by Gasteiger charge is -2.22.